The fraction of sp³-hybridized carbons (Fsp3) is 0.753. The number of esters is 4. The van der Waals surface area contributed by atoms with Crippen LogP contribution in [0.4, 0.5) is 0 Å². The molecule has 14 heterocycles. The lowest BCUT2D eigenvalue weighted by atomic mass is 9.37. The molecule has 0 bridgehead atoms. The minimum atomic E-state index is -1.61. The van der Waals surface area contributed by atoms with Gasteiger partial charge in [-0.3, -0.25) is 28.8 Å². The Morgan fingerprint density at radius 1 is 0.474 bits per heavy atom. The maximum absolute atomic E-state index is 14.7. The summed E-state index contributed by atoms with van der Waals surface area (Å²) >= 11 is 0. The van der Waals surface area contributed by atoms with Gasteiger partial charge in [-0.2, -0.15) is 0 Å². The van der Waals surface area contributed by atoms with E-state index in [9.17, 15) is 78.9 Å². The standard InChI is InChI=1S/C33H44O14.C26H32O9.C26H30O8/c1-29(2)19-9-20(35)31(4)18(32(19)14-44-22(36)10-21(32)46-29)5-7-30(3,33(31)27(47-33)28(40)41)26(15-6-8-42-12-15)43-13-17-24(38)25(39)23(37)16(11-34)45-17;1-22(2)15-9-16(27)24(4)14(25(15)12-33-18(28)10-17(25)34-22)5-7-23(3,19(29)13-6-8-32-11-13)26(24)20(35-26)21(30)31;1-22(2)15-9-16(27)24(4)14(25(15)12-31-18(28)10-17(25)33-22)5-7-23(3)19(13-6-8-30-11-13)32-21(29)20-26(23,24)34-20/h6,8,12,16-19,21,23-27,34,37-39H,5,7,9-11,13-14H2,1-4H3,(H,40,41);6,8,11,14-15,17,19-20,29H,5,7,9-10,12H2,1-4H3,(H,30,31);6,8,11,14-15,17,19-20H,5,7,9-10,12H2,1-4H3/t16?,17-,18?,19?,21?,23+,24+,25?,26?,27?,30+,31?,32?,33?;2*14?,15?,17?,19-,20?,23-,24?,25?,26?/m100/s1. The number of carboxylic acid groups (broad SMARTS) is 2. The molecule has 632 valence electrons. The number of carbonyl (C=O) groups excluding carboxylic acids is 7. The van der Waals surface area contributed by atoms with E-state index in [1.54, 1.807) is 31.6 Å². The van der Waals surface area contributed by atoms with Crippen LogP contribution in [0.25, 0.3) is 0 Å². The number of hydrogen-bond donors (Lipinski definition) is 7. The molecule has 24 unspecified atom stereocenters. The fourth-order valence-corrected chi connectivity index (χ4v) is 29.1. The van der Waals surface area contributed by atoms with Crippen LogP contribution in [-0.2, 0) is 100.0 Å². The summed E-state index contributed by atoms with van der Waals surface area (Å²) in [6, 6.07) is 5.14. The van der Waals surface area contributed by atoms with Crippen molar-refractivity contribution in [2.75, 3.05) is 33.0 Å². The number of epoxide rings is 3. The highest BCUT2D eigenvalue weighted by Gasteiger charge is 2.93. The Labute approximate surface area is 668 Å². The normalized spacial score (nSPS) is 49.9. The van der Waals surface area contributed by atoms with Crippen LogP contribution >= 0.6 is 0 Å². The van der Waals surface area contributed by atoms with E-state index in [-0.39, 0.29) is 129 Å². The topological polar surface area (TPSA) is 455 Å². The average Bonchev–Trinajstić information content (AvgIpc) is 1.45. The maximum Gasteiger partial charge on any atom is 0.339 e. The Kier molecular flexibility index (Phi) is 17.7. The molecule has 32 atom stereocenters. The first-order valence-electron chi connectivity index (χ1n) is 40.9. The number of carboxylic acids is 2. The summed E-state index contributed by atoms with van der Waals surface area (Å²) in [7, 11) is 0. The molecule has 31 nitrogen and oxygen atoms in total. The zero-order chi connectivity index (χ0) is 83.0. The summed E-state index contributed by atoms with van der Waals surface area (Å²) in [4.78, 5) is 119. The Bertz CT molecular complexity index is 4550. The fourth-order valence-electron chi connectivity index (χ4n) is 29.1. The first kappa shape index (κ1) is 80.2. The Morgan fingerprint density at radius 3 is 1.31 bits per heavy atom. The van der Waals surface area contributed by atoms with Crippen LogP contribution in [0, 0.1) is 84.2 Å². The van der Waals surface area contributed by atoms with Gasteiger partial charge in [0.25, 0.3) is 0 Å². The van der Waals surface area contributed by atoms with Gasteiger partial charge in [-0.25, -0.2) is 14.4 Å². The molecule has 6 aliphatic carbocycles. The van der Waals surface area contributed by atoms with Crippen molar-refractivity contribution in [2.45, 2.75) is 279 Å². The van der Waals surface area contributed by atoms with E-state index < -0.39 is 192 Å². The lowest BCUT2D eigenvalue weighted by Gasteiger charge is -2.65. The summed E-state index contributed by atoms with van der Waals surface area (Å²) < 4.78 is 89.5. The molecule has 0 aromatic carbocycles. The van der Waals surface area contributed by atoms with Crippen LogP contribution in [0.15, 0.2) is 69.0 Å². The predicted octanol–water partition coefficient (Wildman–Crippen LogP) is 6.32. The van der Waals surface area contributed by atoms with Crippen molar-refractivity contribution in [3.8, 4) is 0 Å². The molecule has 3 aromatic heterocycles. The molecule has 17 fully saturated rings. The highest BCUT2D eigenvalue weighted by atomic mass is 16.7. The number of carbonyl (C=O) groups is 9. The average molecular weight is 1620 g/mol. The smallest absolute Gasteiger partial charge is 0.339 e. The van der Waals surface area contributed by atoms with Crippen LogP contribution < -0.4 is 0 Å². The molecule has 0 radical (unpaired) electrons. The number of ether oxygens (including phenoxy) is 12. The number of hydrogen-bond acceptors (Lipinski definition) is 29. The molecule has 11 aliphatic heterocycles. The second-order valence-corrected chi connectivity index (χ2v) is 39.6. The Morgan fingerprint density at radius 2 is 0.888 bits per heavy atom. The number of cyclic esters (lactones) is 4. The van der Waals surface area contributed by atoms with Crippen LogP contribution in [0.2, 0.25) is 0 Å². The van der Waals surface area contributed by atoms with Gasteiger partial charge in [0, 0.05) is 86.2 Å². The Hall–Kier alpha value is -6.85. The third-order valence-electron chi connectivity index (χ3n) is 34.2. The summed E-state index contributed by atoms with van der Waals surface area (Å²) in [5, 5.41) is 73.3. The van der Waals surface area contributed by atoms with E-state index in [0.717, 1.165) is 12.0 Å². The van der Waals surface area contributed by atoms with Gasteiger partial charge in [-0.15, -0.1) is 0 Å². The van der Waals surface area contributed by atoms with Crippen molar-refractivity contribution in [1.29, 1.82) is 0 Å². The molecule has 116 heavy (non-hydrogen) atoms. The third kappa shape index (κ3) is 9.79. The van der Waals surface area contributed by atoms with E-state index in [1.807, 2.05) is 75.3 Å². The monoisotopic (exact) mass is 1620 g/mol. The quantitative estimate of drug-likeness (QED) is 0.0627. The van der Waals surface area contributed by atoms with Gasteiger partial charge >= 0.3 is 35.8 Å². The SMILES string of the molecule is CC1(C)OC2CC(=O)OCC23C1CC(=O)C1(C)C3CC[C@@](C)(C(OC[C@H]2OC(CO)[C@H](O)C(O)[C@H]2O)c2ccoc2)C12OC2C(=O)O.CC1(C)OC2CC(=O)OCC23C1CC(=O)C1(C)C3CC[C@@](C)([C@@H](O)c2ccoc2)C12OC2C(=O)O.CC1(C)OC2CC(=O)OCC23C1CC(=O)C1(C)C3CC[C@@]2(C)[C@H](c3ccoc3)OC(=O)C3OC312. The minimum absolute atomic E-state index is 0.0358. The zero-order valence-corrected chi connectivity index (χ0v) is 67.2. The van der Waals surface area contributed by atoms with Crippen molar-refractivity contribution >= 4 is 53.2 Å². The molecule has 11 saturated heterocycles. The number of aliphatic hydroxyl groups excluding tert-OH is 5. The number of Topliss-reactive ketones (excluding diaryl/α,β-unsaturated/α-hetero) is 3. The molecule has 17 aliphatic rings. The second-order valence-electron chi connectivity index (χ2n) is 39.6. The van der Waals surface area contributed by atoms with E-state index in [0.29, 0.717) is 49.7 Å². The molecular formula is C85H106O31. The number of aliphatic carboxylic acids is 2. The molecule has 6 spiro atoms. The summed E-state index contributed by atoms with van der Waals surface area (Å²) in [6.07, 6.45) is -1.19. The van der Waals surface area contributed by atoms with Crippen LogP contribution in [0.5, 0.6) is 0 Å². The van der Waals surface area contributed by atoms with Gasteiger partial charge in [0.1, 0.15) is 90.6 Å². The molecule has 3 aromatic rings. The lowest BCUT2D eigenvalue weighted by Crippen LogP contribution is -2.72. The maximum atomic E-state index is 14.7. The van der Waals surface area contributed by atoms with Crippen molar-refractivity contribution in [1.82, 2.24) is 0 Å². The molecule has 20 rings (SSSR count). The predicted molar refractivity (Wildman–Crippen MR) is 387 cm³/mol. The first-order valence-corrected chi connectivity index (χ1v) is 40.9. The zero-order valence-electron chi connectivity index (χ0n) is 67.2. The summed E-state index contributed by atoms with van der Waals surface area (Å²) in [5.41, 5.74) is -12.3. The van der Waals surface area contributed by atoms with Crippen molar-refractivity contribution in [2.24, 2.45) is 84.2 Å². The van der Waals surface area contributed by atoms with E-state index in [4.69, 9.17) is 70.1 Å². The third-order valence-corrected chi connectivity index (χ3v) is 34.2. The van der Waals surface area contributed by atoms with Crippen LogP contribution in [0.1, 0.15) is 195 Å². The van der Waals surface area contributed by atoms with E-state index in [1.165, 1.54) is 25.1 Å². The minimum Gasteiger partial charge on any atom is -0.479 e. The van der Waals surface area contributed by atoms with Crippen molar-refractivity contribution in [3.05, 3.63) is 72.5 Å². The Balaban J connectivity index is 0.000000122. The molecule has 31 heteroatoms. The highest BCUT2D eigenvalue weighted by molar-refractivity contribution is 5.95. The molecule has 6 saturated carbocycles. The lowest BCUT2D eigenvalue weighted by molar-refractivity contribution is -0.252. The summed E-state index contributed by atoms with van der Waals surface area (Å²) in [6.45, 7) is 22.6. The number of furan rings is 3. The first-order chi connectivity index (χ1) is 54.5. The van der Waals surface area contributed by atoms with Crippen LogP contribution in [-0.4, -0.2) is 223 Å². The van der Waals surface area contributed by atoms with Crippen molar-refractivity contribution in [3.63, 3.8) is 0 Å². The van der Waals surface area contributed by atoms with Gasteiger partial charge in [0.2, 0.25) is 0 Å². The number of rotatable bonds is 11. The van der Waals surface area contributed by atoms with E-state index >= 15 is 0 Å². The van der Waals surface area contributed by atoms with Gasteiger partial charge in [0.15, 0.2) is 18.3 Å². The largest absolute Gasteiger partial charge is 0.479 e. The van der Waals surface area contributed by atoms with Gasteiger partial charge in [-0.05, 0) is 137 Å². The van der Waals surface area contributed by atoms with Crippen LogP contribution in [0.3, 0.4) is 0 Å². The highest BCUT2D eigenvalue weighted by Crippen LogP contribution is 2.83. The molecule has 0 amide bonds. The number of fused-ring (bicyclic) bond motifs is 5. The second kappa shape index (κ2) is 25.6. The van der Waals surface area contributed by atoms with Gasteiger partial charge < -0.3 is 106 Å². The van der Waals surface area contributed by atoms with Gasteiger partial charge in [-0.1, -0.05) is 20.8 Å². The summed E-state index contributed by atoms with van der Waals surface area (Å²) in [5.74, 6) is -5.33. The van der Waals surface area contributed by atoms with Gasteiger partial charge in [0.05, 0.1) is 134 Å². The molecular weight excluding hydrogens is 1520 g/mol. The number of ketones is 3. The molecule has 7 N–H and O–H groups in total. The van der Waals surface area contributed by atoms with Crippen molar-refractivity contribution < 1.29 is 149 Å². The van der Waals surface area contributed by atoms with E-state index in [2.05, 4.69) is 6.92 Å². The number of aliphatic hydroxyl groups is 5.